The van der Waals surface area contributed by atoms with E-state index in [1.165, 1.54) is 0 Å². The van der Waals surface area contributed by atoms with E-state index in [9.17, 15) is 34.2 Å². The van der Waals surface area contributed by atoms with Crippen LogP contribution in [0.2, 0.25) is 0 Å². The number of benzene rings is 1. The maximum absolute atomic E-state index is 12.7. The van der Waals surface area contributed by atoms with E-state index in [4.69, 9.17) is 11.5 Å². The summed E-state index contributed by atoms with van der Waals surface area (Å²) < 4.78 is 0. The molecule has 1 aliphatic heterocycles. The predicted molar refractivity (Wildman–Crippen MR) is 151 cm³/mol. The van der Waals surface area contributed by atoms with E-state index in [-0.39, 0.29) is 32.0 Å². The lowest BCUT2D eigenvalue weighted by atomic mass is 10.1. The third kappa shape index (κ3) is 14.0. The van der Waals surface area contributed by atoms with Gasteiger partial charge in [0.2, 0.25) is 17.7 Å². The topological polar surface area (TPSA) is 212 Å². The zero-order valence-electron chi connectivity index (χ0n) is 23.4. The first-order valence-electron chi connectivity index (χ1n) is 13.8. The summed E-state index contributed by atoms with van der Waals surface area (Å²) in [5.41, 5.74) is 12.4. The molecular formula is C27H43N7O7. The van der Waals surface area contributed by atoms with Crippen LogP contribution in [0.5, 0.6) is 0 Å². The molecule has 1 fully saturated rings. The number of carboxylic acid groups (broad SMARTS) is 2. The number of aliphatic carboxylic acids is 2. The van der Waals surface area contributed by atoms with Gasteiger partial charge in [0.05, 0.1) is 26.1 Å². The Hall–Kier alpha value is -3.59. The first kappa shape index (κ1) is 33.6. The van der Waals surface area contributed by atoms with E-state index in [2.05, 4.69) is 15.5 Å². The minimum atomic E-state index is -0.923. The van der Waals surface area contributed by atoms with Crippen LogP contribution in [0, 0.1) is 0 Å². The number of nitrogens with one attached hydrogen (secondary N) is 2. The molecule has 1 aromatic carbocycles. The lowest BCUT2D eigenvalue weighted by Gasteiger charge is -2.25. The van der Waals surface area contributed by atoms with Crippen molar-refractivity contribution in [2.75, 3.05) is 65.4 Å². The highest BCUT2D eigenvalue weighted by Crippen LogP contribution is 2.11. The van der Waals surface area contributed by atoms with Crippen molar-refractivity contribution in [3.05, 3.63) is 35.4 Å². The van der Waals surface area contributed by atoms with Crippen LogP contribution < -0.4 is 22.1 Å². The molecule has 2 rings (SSSR count). The number of carbonyl (C=O) groups excluding carboxylic acids is 3. The van der Waals surface area contributed by atoms with Crippen LogP contribution >= 0.6 is 0 Å². The molecule has 3 amide bonds. The molecule has 41 heavy (non-hydrogen) atoms. The molecule has 0 spiro atoms. The van der Waals surface area contributed by atoms with Gasteiger partial charge < -0.3 is 32.3 Å². The van der Waals surface area contributed by atoms with Gasteiger partial charge in [-0.2, -0.15) is 0 Å². The molecule has 1 heterocycles. The minimum Gasteiger partial charge on any atom is -0.480 e. The average Bonchev–Trinajstić information content (AvgIpc) is 2.99. The molecular weight excluding hydrogens is 534 g/mol. The molecule has 0 unspecified atom stereocenters. The van der Waals surface area contributed by atoms with E-state index in [1.807, 2.05) is 34.1 Å². The number of amides is 3. The second-order valence-corrected chi connectivity index (χ2v) is 10.2. The number of unbranched alkanes of at least 4 members (excludes halogenated alkanes) is 1. The lowest BCUT2D eigenvalue weighted by molar-refractivity contribution is -0.140. The third-order valence-electron chi connectivity index (χ3n) is 6.74. The van der Waals surface area contributed by atoms with Crippen LogP contribution in [0.3, 0.4) is 0 Å². The standard InChI is InChI=1S/C27H43N7O7/c28-8-2-1-3-22(27(41)30-16-23(29)35)31-24(36)15-20-4-6-21(7-5-20)17-32-9-11-33(18-25(37)38)13-14-34(12-10-32)19-26(39)40/h4-7,22H,1-3,8-19,28H2,(H2,29,35)(H,30,41)(H,31,36)(H,37,38)(H,39,40)/t22-/m0/s1. The van der Waals surface area contributed by atoms with Crippen LogP contribution in [0.4, 0.5) is 0 Å². The smallest absolute Gasteiger partial charge is 0.317 e. The molecule has 1 atom stereocenters. The fraction of sp³-hybridized carbons (Fsp3) is 0.593. The molecule has 0 aliphatic carbocycles. The lowest BCUT2D eigenvalue weighted by Crippen LogP contribution is -2.48. The Balaban J connectivity index is 1.98. The number of carboxylic acids is 2. The highest BCUT2D eigenvalue weighted by atomic mass is 16.4. The van der Waals surface area contributed by atoms with E-state index in [0.29, 0.717) is 71.6 Å². The molecule has 0 radical (unpaired) electrons. The van der Waals surface area contributed by atoms with Crippen LogP contribution in [0.1, 0.15) is 30.4 Å². The van der Waals surface area contributed by atoms with Crippen LogP contribution in [0.15, 0.2) is 24.3 Å². The highest BCUT2D eigenvalue weighted by molar-refractivity contribution is 5.90. The van der Waals surface area contributed by atoms with Gasteiger partial charge in [-0.3, -0.25) is 38.7 Å². The van der Waals surface area contributed by atoms with Gasteiger partial charge in [-0.15, -0.1) is 0 Å². The van der Waals surface area contributed by atoms with Gasteiger partial charge in [0, 0.05) is 45.8 Å². The van der Waals surface area contributed by atoms with Crippen LogP contribution in [0.25, 0.3) is 0 Å². The summed E-state index contributed by atoms with van der Waals surface area (Å²) in [7, 11) is 0. The number of nitrogens with zero attached hydrogens (tertiary/aromatic N) is 3. The summed E-state index contributed by atoms with van der Waals surface area (Å²) in [6.45, 7) is 3.83. The molecule has 1 aromatic rings. The van der Waals surface area contributed by atoms with E-state index >= 15 is 0 Å². The number of carbonyl (C=O) groups is 5. The maximum Gasteiger partial charge on any atom is 0.317 e. The van der Waals surface area contributed by atoms with Gasteiger partial charge in [0.15, 0.2) is 0 Å². The van der Waals surface area contributed by atoms with E-state index in [0.717, 1.165) is 11.1 Å². The first-order valence-corrected chi connectivity index (χ1v) is 13.8. The highest BCUT2D eigenvalue weighted by Gasteiger charge is 2.22. The van der Waals surface area contributed by atoms with Gasteiger partial charge in [0.1, 0.15) is 6.04 Å². The Kier molecular flexibility index (Phi) is 14.7. The summed E-state index contributed by atoms with van der Waals surface area (Å²) in [6, 6.07) is 6.71. The minimum absolute atomic E-state index is 0.0643. The van der Waals surface area contributed by atoms with Gasteiger partial charge in [-0.25, -0.2) is 0 Å². The summed E-state index contributed by atoms with van der Waals surface area (Å²) in [5.74, 6) is -3.33. The quantitative estimate of drug-likeness (QED) is 0.119. The van der Waals surface area contributed by atoms with Crippen LogP contribution in [-0.2, 0) is 36.9 Å². The Morgan fingerprint density at radius 2 is 1.32 bits per heavy atom. The van der Waals surface area contributed by atoms with E-state index < -0.39 is 29.8 Å². The molecule has 0 aromatic heterocycles. The van der Waals surface area contributed by atoms with E-state index in [1.54, 1.807) is 0 Å². The molecule has 228 valence electrons. The number of hydrogen-bond acceptors (Lipinski definition) is 9. The molecule has 0 bridgehead atoms. The third-order valence-corrected chi connectivity index (χ3v) is 6.74. The second-order valence-electron chi connectivity index (χ2n) is 10.2. The Morgan fingerprint density at radius 1 is 0.805 bits per heavy atom. The van der Waals surface area contributed by atoms with Crippen molar-refractivity contribution in [3.63, 3.8) is 0 Å². The molecule has 1 aliphatic rings. The monoisotopic (exact) mass is 577 g/mol. The zero-order valence-corrected chi connectivity index (χ0v) is 23.4. The summed E-state index contributed by atoms with van der Waals surface area (Å²) in [4.78, 5) is 64.5. The Morgan fingerprint density at radius 3 is 1.80 bits per heavy atom. The number of nitrogens with two attached hydrogens (primary N) is 2. The van der Waals surface area contributed by atoms with Gasteiger partial charge in [-0.1, -0.05) is 24.3 Å². The Labute approximate surface area is 240 Å². The maximum atomic E-state index is 12.7. The van der Waals surface area contributed by atoms with Crippen molar-refractivity contribution in [1.82, 2.24) is 25.3 Å². The van der Waals surface area contributed by atoms with Gasteiger partial charge >= 0.3 is 11.9 Å². The average molecular weight is 578 g/mol. The summed E-state index contributed by atoms with van der Waals surface area (Å²) in [5, 5.41) is 23.6. The van der Waals surface area contributed by atoms with Crippen LogP contribution in [-0.4, -0.2) is 126 Å². The number of primary amides is 1. The fourth-order valence-corrected chi connectivity index (χ4v) is 4.55. The molecule has 1 saturated heterocycles. The van der Waals surface area contributed by atoms with Crippen molar-refractivity contribution in [2.24, 2.45) is 11.5 Å². The summed E-state index contributed by atoms with van der Waals surface area (Å²) >= 11 is 0. The molecule has 0 saturated carbocycles. The number of rotatable bonds is 16. The van der Waals surface area contributed by atoms with Gasteiger partial charge in [-0.05, 0) is 36.9 Å². The fourth-order valence-electron chi connectivity index (χ4n) is 4.55. The van der Waals surface area contributed by atoms with Crippen molar-refractivity contribution in [3.8, 4) is 0 Å². The van der Waals surface area contributed by atoms with Crippen molar-refractivity contribution in [1.29, 1.82) is 0 Å². The van der Waals surface area contributed by atoms with Crippen molar-refractivity contribution < 1.29 is 34.2 Å². The zero-order chi connectivity index (χ0) is 30.2. The normalized spacial score (nSPS) is 16.1. The first-order chi connectivity index (χ1) is 19.5. The predicted octanol–water partition coefficient (Wildman–Crippen LogP) is -1.97. The number of hydrogen-bond donors (Lipinski definition) is 6. The van der Waals surface area contributed by atoms with Crippen molar-refractivity contribution >= 4 is 29.7 Å². The van der Waals surface area contributed by atoms with Crippen molar-refractivity contribution in [2.45, 2.75) is 38.3 Å². The molecule has 8 N–H and O–H groups in total. The second kappa shape index (κ2) is 18.0. The molecule has 14 heteroatoms. The molecule has 14 nitrogen and oxygen atoms in total. The SMILES string of the molecule is NCCCC[C@H](NC(=O)Cc1ccc(CN2CCN(CC(=O)O)CCN(CC(=O)O)CC2)cc1)C(=O)NCC(N)=O. The Bertz CT molecular complexity index is 994. The largest absolute Gasteiger partial charge is 0.480 e. The van der Waals surface area contributed by atoms with Gasteiger partial charge in [0.25, 0.3) is 0 Å². The summed E-state index contributed by atoms with van der Waals surface area (Å²) in [6.07, 6.45) is 1.78.